The Labute approximate surface area is 293 Å². The number of rotatable bonds is 8. The lowest BCUT2D eigenvalue weighted by molar-refractivity contribution is -0.0797. The van der Waals surface area contributed by atoms with Gasteiger partial charge in [0, 0.05) is 69.2 Å². The molecule has 0 bridgehead atoms. The maximum absolute atomic E-state index is 11.5. The van der Waals surface area contributed by atoms with Gasteiger partial charge in [-0.2, -0.15) is 0 Å². The number of phenols is 2. The van der Waals surface area contributed by atoms with Crippen LogP contribution in [0.5, 0.6) is 11.5 Å². The van der Waals surface area contributed by atoms with E-state index in [9.17, 15) is 20.4 Å². The van der Waals surface area contributed by atoms with Gasteiger partial charge in [-0.15, -0.1) is 0 Å². The van der Waals surface area contributed by atoms with E-state index < -0.39 is 24.0 Å². The monoisotopic (exact) mass is 662 g/mol. The highest BCUT2D eigenvalue weighted by Gasteiger charge is 2.52. The molecule has 1 aliphatic rings. The first-order valence-electron chi connectivity index (χ1n) is 17.0. The van der Waals surface area contributed by atoms with Crippen LogP contribution in [0.15, 0.2) is 133 Å². The minimum absolute atomic E-state index is 0.0112. The first kappa shape index (κ1) is 33.0. The summed E-state index contributed by atoms with van der Waals surface area (Å²) < 4.78 is 0. The third kappa shape index (κ3) is 5.76. The summed E-state index contributed by atoms with van der Waals surface area (Å²) in [4.78, 5) is 4.22. The number of anilines is 6. The van der Waals surface area contributed by atoms with Gasteiger partial charge in [-0.05, 0) is 86.3 Å². The summed E-state index contributed by atoms with van der Waals surface area (Å²) in [6.07, 6.45) is -2.04. The number of hydrogen-bond donors (Lipinski definition) is 4. The van der Waals surface area contributed by atoms with Crippen molar-refractivity contribution in [2.24, 2.45) is 0 Å². The largest absolute Gasteiger partial charge is 0.508 e. The minimum Gasteiger partial charge on any atom is -0.508 e. The van der Waals surface area contributed by atoms with Crippen LogP contribution in [-0.4, -0.2) is 32.6 Å². The molecule has 0 aromatic heterocycles. The van der Waals surface area contributed by atoms with Gasteiger partial charge in [-0.1, -0.05) is 84.9 Å². The van der Waals surface area contributed by atoms with Crippen LogP contribution in [0, 0.1) is 27.7 Å². The molecule has 0 amide bonds. The Morgan fingerprint density at radius 1 is 0.400 bits per heavy atom. The predicted molar refractivity (Wildman–Crippen MR) is 202 cm³/mol. The SMILES string of the molecule is Cc1ccccc1N(c1ccc(C2C(O)C(c3ccc(N(c4ccccc4C)c4ccccc4C)cc3O)C2O)c(O)c1)c1ccccc1C. The van der Waals surface area contributed by atoms with Crippen LogP contribution in [0.2, 0.25) is 0 Å². The second-order valence-corrected chi connectivity index (χ2v) is 13.3. The van der Waals surface area contributed by atoms with Crippen molar-refractivity contribution in [3.63, 3.8) is 0 Å². The number of aromatic hydroxyl groups is 2. The molecule has 50 heavy (non-hydrogen) atoms. The highest BCUT2D eigenvalue weighted by molar-refractivity contribution is 5.82. The van der Waals surface area contributed by atoms with Crippen LogP contribution in [0.3, 0.4) is 0 Å². The summed E-state index contributed by atoms with van der Waals surface area (Å²) >= 11 is 0. The number of para-hydroxylation sites is 4. The highest BCUT2D eigenvalue weighted by Crippen LogP contribution is 2.53. The van der Waals surface area contributed by atoms with Gasteiger partial charge in [-0.25, -0.2) is 0 Å². The maximum atomic E-state index is 11.5. The van der Waals surface area contributed by atoms with E-state index >= 15 is 0 Å². The molecule has 6 aromatic rings. The molecule has 1 aliphatic carbocycles. The van der Waals surface area contributed by atoms with Crippen LogP contribution in [0.4, 0.5) is 34.1 Å². The number of aliphatic hydroxyl groups excluding tert-OH is 2. The van der Waals surface area contributed by atoms with E-state index in [1.807, 2.05) is 60.7 Å². The molecule has 6 aromatic carbocycles. The number of hydrogen-bond acceptors (Lipinski definition) is 6. The molecule has 6 nitrogen and oxygen atoms in total. The fourth-order valence-electron chi connectivity index (χ4n) is 7.42. The summed E-state index contributed by atoms with van der Waals surface area (Å²) in [6, 6.07) is 43.2. The lowest BCUT2D eigenvalue weighted by atomic mass is 9.63. The summed E-state index contributed by atoms with van der Waals surface area (Å²) in [5, 5.41) is 45.8. The smallest absolute Gasteiger partial charge is 0.121 e. The van der Waals surface area contributed by atoms with E-state index in [1.54, 1.807) is 24.3 Å². The van der Waals surface area contributed by atoms with Gasteiger partial charge in [0.05, 0.1) is 12.2 Å². The number of benzene rings is 6. The Balaban J connectivity index is 1.19. The first-order chi connectivity index (χ1) is 24.2. The average molecular weight is 663 g/mol. The van der Waals surface area contributed by atoms with Crippen molar-refractivity contribution in [2.45, 2.75) is 51.7 Å². The highest BCUT2D eigenvalue weighted by atomic mass is 16.3. The molecular weight excluding hydrogens is 620 g/mol. The fourth-order valence-corrected chi connectivity index (χ4v) is 7.42. The maximum Gasteiger partial charge on any atom is 0.121 e. The average Bonchev–Trinajstić information content (AvgIpc) is 3.10. The topological polar surface area (TPSA) is 87.4 Å². The number of nitrogens with zero attached hydrogens (tertiary/aromatic N) is 2. The van der Waals surface area contributed by atoms with E-state index in [0.717, 1.165) is 56.4 Å². The van der Waals surface area contributed by atoms with E-state index in [2.05, 4.69) is 86.0 Å². The van der Waals surface area contributed by atoms with Crippen molar-refractivity contribution >= 4 is 34.1 Å². The van der Waals surface area contributed by atoms with Crippen LogP contribution in [-0.2, 0) is 0 Å². The van der Waals surface area contributed by atoms with Crippen LogP contribution >= 0.6 is 0 Å². The van der Waals surface area contributed by atoms with Crippen LogP contribution in [0.1, 0.15) is 45.2 Å². The molecule has 0 spiro atoms. The Hall–Kier alpha value is -5.56. The molecule has 0 unspecified atom stereocenters. The van der Waals surface area contributed by atoms with Crippen LogP contribution in [0.25, 0.3) is 0 Å². The Bertz CT molecular complexity index is 1930. The quantitative estimate of drug-likeness (QED) is 0.130. The second kappa shape index (κ2) is 13.4. The third-order valence-electron chi connectivity index (χ3n) is 10.2. The molecule has 252 valence electrons. The first-order valence-corrected chi connectivity index (χ1v) is 17.0. The van der Waals surface area contributed by atoms with E-state index in [0.29, 0.717) is 11.1 Å². The van der Waals surface area contributed by atoms with Crippen molar-refractivity contribution in [2.75, 3.05) is 9.80 Å². The van der Waals surface area contributed by atoms with Gasteiger partial charge in [0.1, 0.15) is 11.5 Å². The van der Waals surface area contributed by atoms with Gasteiger partial charge in [-0.3, -0.25) is 0 Å². The van der Waals surface area contributed by atoms with Gasteiger partial charge in [0.2, 0.25) is 0 Å². The summed E-state index contributed by atoms with van der Waals surface area (Å²) in [7, 11) is 0. The van der Waals surface area contributed by atoms with Gasteiger partial charge in [0.15, 0.2) is 0 Å². The van der Waals surface area contributed by atoms with Crippen molar-refractivity contribution in [1.82, 2.24) is 0 Å². The summed E-state index contributed by atoms with van der Waals surface area (Å²) in [6.45, 7) is 8.23. The molecule has 0 saturated heterocycles. The Morgan fingerprint density at radius 2 is 0.680 bits per heavy atom. The molecule has 4 N–H and O–H groups in total. The van der Waals surface area contributed by atoms with Crippen molar-refractivity contribution in [1.29, 1.82) is 0 Å². The standard InChI is InChI=1S/C44H42N2O4/c1-27-13-5-9-17-35(27)45(36-18-10-6-14-28(36)2)31-21-23-33(39(47)25-31)41-43(49)42(44(41)50)34-24-22-32(26-40(34)48)46(37-19-11-7-15-29(37)3)38-20-12-8-16-30(38)4/h5-26,41-44,47-50H,1-4H3. The molecule has 0 radical (unpaired) electrons. The van der Waals surface area contributed by atoms with Crippen molar-refractivity contribution in [3.8, 4) is 11.5 Å². The molecule has 6 heteroatoms. The second-order valence-electron chi connectivity index (χ2n) is 13.3. The number of aliphatic hydroxyl groups is 2. The number of phenolic OH excluding ortho intramolecular Hbond substituents is 2. The Morgan fingerprint density at radius 3 is 0.940 bits per heavy atom. The fraction of sp³-hybridized carbons (Fsp3) is 0.182. The molecule has 0 heterocycles. The molecular formula is C44H42N2O4. The molecule has 0 atom stereocenters. The van der Waals surface area contributed by atoms with Crippen molar-refractivity contribution in [3.05, 3.63) is 167 Å². The van der Waals surface area contributed by atoms with E-state index in [-0.39, 0.29) is 11.5 Å². The Kier molecular flexibility index (Phi) is 8.83. The van der Waals surface area contributed by atoms with Gasteiger partial charge in [0.25, 0.3) is 0 Å². The van der Waals surface area contributed by atoms with Crippen LogP contribution < -0.4 is 9.80 Å². The zero-order valence-electron chi connectivity index (χ0n) is 28.7. The van der Waals surface area contributed by atoms with E-state index in [1.165, 1.54) is 0 Å². The summed E-state index contributed by atoms with van der Waals surface area (Å²) in [5.74, 6) is -1.48. The van der Waals surface area contributed by atoms with E-state index in [4.69, 9.17) is 0 Å². The summed E-state index contributed by atoms with van der Waals surface area (Å²) in [5.41, 5.74) is 10.7. The molecule has 1 saturated carbocycles. The lowest BCUT2D eigenvalue weighted by Gasteiger charge is -2.47. The third-order valence-corrected chi connectivity index (χ3v) is 10.2. The van der Waals surface area contributed by atoms with Crippen molar-refractivity contribution < 1.29 is 20.4 Å². The molecule has 0 aliphatic heterocycles. The normalized spacial score (nSPS) is 18.4. The lowest BCUT2D eigenvalue weighted by Crippen LogP contribution is -2.51. The zero-order valence-corrected chi connectivity index (χ0v) is 28.7. The zero-order chi connectivity index (χ0) is 35.1. The minimum atomic E-state index is -1.02. The predicted octanol–water partition coefficient (Wildman–Crippen LogP) is 9.87. The molecule has 7 rings (SSSR count). The van der Waals surface area contributed by atoms with Gasteiger partial charge < -0.3 is 30.2 Å². The van der Waals surface area contributed by atoms with Gasteiger partial charge >= 0.3 is 0 Å². The number of aryl methyl sites for hydroxylation is 4. The molecule has 1 fully saturated rings.